The monoisotopic (exact) mass is 872 g/mol. The van der Waals surface area contributed by atoms with Crippen LogP contribution in [-0.2, 0) is 12.3 Å². The van der Waals surface area contributed by atoms with E-state index in [4.69, 9.17) is 9.98 Å². The van der Waals surface area contributed by atoms with Crippen LogP contribution in [0.5, 0.6) is 11.5 Å². The van der Waals surface area contributed by atoms with Gasteiger partial charge >= 0.3 is 0 Å². The molecule has 0 radical (unpaired) electrons. The highest BCUT2D eigenvalue weighted by Crippen LogP contribution is 2.59. The molecule has 0 aliphatic heterocycles. The van der Waals surface area contributed by atoms with E-state index in [0.29, 0.717) is 11.1 Å². The molecule has 2 atom stereocenters. The summed E-state index contributed by atoms with van der Waals surface area (Å²) in [6.07, 6.45) is 9.30. The van der Waals surface area contributed by atoms with Crippen LogP contribution in [-0.4, -0.2) is 34.7 Å². The zero-order valence-electron chi connectivity index (χ0n) is 36.0. The zero-order valence-corrected chi connectivity index (χ0v) is 37.8. The lowest BCUT2D eigenvalue weighted by molar-refractivity contribution is 0.390. The molecule has 8 aromatic carbocycles. The third-order valence-corrected chi connectivity index (χ3v) is 21.5. The van der Waals surface area contributed by atoms with Gasteiger partial charge in [-0.25, -0.2) is 0 Å². The number of hydrogen-bond acceptors (Lipinski definition) is 4. The molecule has 0 spiro atoms. The second-order valence-corrected chi connectivity index (χ2v) is 23.7. The van der Waals surface area contributed by atoms with Gasteiger partial charge in [0.15, 0.2) is 0 Å². The topological polar surface area (TPSA) is 65.2 Å². The molecule has 8 aromatic rings. The summed E-state index contributed by atoms with van der Waals surface area (Å²) in [5.41, 5.74) is 3.72. The highest BCUT2D eigenvalue weighted by molar-refractivity contribution is 7.95. The van der Waals surface area contributed by atoms with Gasteiger partial charge in [-0.1, -0.05) is 134 Å². The fourth-order valence-electron chi connectivity index (χ4n) is 9.49. The van der Waals surface area contributed by atoms with Crippen molar-refractivity contribution in [3.05, 3.63) is 241 Å². The molecule has 2 N–H and O–H groups in total. The SMILES string of the molecule is Oc1ccc(C[P+](c2ccccc2)(c2ccccc2)c2ccccc2)cc1C=N[C@@H]1CCCC[C@H]1N=Cc1cc(C[P+](c2ccccc2)(c2ccccc2)c2ccccc2)ccc1O. The number of benzene rings is 8. The Hall–Kier alpha value is -6.44. The number of phenols is 2. The van der Waals surface area contributed by atoms with Gasteiger partial charge in [0, 0.05) is 23.6 Å². The zero-order chi connectivity index (χ0) is 43.6. The molecule has 1 aliphatic carbocycles. The Morgan fingerprint density at radius 3 is 0.906 bits per heavy atom. The van der Waals surface area contributed by atoms with Crippen LogP contribution in [0.1, 0.15) is 47.9 Å². The molecule has 64 heavy (non-hydrogen) atoms. The maximum Gasteiger partial charge on any atom is 0.124 e. The first-order chi connectivity index (χ1) is 31.5. The molecule has 0 bridgehead atoms. The van der Waals surface area contributed by atoms with Crippen molar-refractivity contribution in [3.63, 3.8) is 0 Å². The molecule has 1 saturated carbocycles. The molecule has 0 heterocycles. The van der Waals surface area contributed by atoms with E-state index < -0.39 is 14.5 Å². The summed E-state index contributed by atoms with van der Waals surface area (Å²) < 4.78 is 0. The molecule has 0 saturated heterocycles. The Morgan fingerprint density at radius 2 is 0.641 bits per heavy atom. The van der Waals surface area contributed by atoms with Gasteiger partial charge in [-0.15, -0.1) is 0 Å². The van der Waals surface area contributed by atoms with Gasteiger partial charge < -0.3 is 10.2 Å². The van der Waals surface area contributed by atoms with Crippen molar-refractivity contribution in [3.8, 4) is 11.5 Å². The second kappa shape index (κ2) is 19.9. The van der Waals surface area contributed by atoms with Gasteiger partial charge in [0.2, 0.25) is 0 Å². The molecule has 0 amide bonds. The van der Waals surface area contributed by atoms with Crippen molar-refractivity contribution in [2.45, 2.75) is 50.1 Å². The van der Waals surface area contributed by atoms with Crippen LogP contribution in [0.3, 0.4) is 0 Å². The van der Waals surface area contributed by atoms with Crippen LogP contribution >= 0.6 is 14.5 Å². The summed E-state index contributed by atoms with van der Waals surface area (Å²) in [6, 6.07) is 77.4. The summed E-state index contributed by atoms with van der Waals surface area (Å²) in [5, 5.41) is 30.4. The van der Waals surface area contributed by atoms with E-state index in [1.807, 2.05) is 24.6 Å². The number of rotatable bonds is 14. The number of hydrogen-bond donors (Lipinski definition) is 2. The maximum atomic E-state index is 11.2. The first-order valence-corrected chi connectivity index (χ1v) is 26.3. The van der Waals surface area contributed by atoms with Crippen molar-refractivity contribution >= 4 is 58.8 Å². The minimum absolute atomic E-state index is 0.0456. The van der Waals surface area contributed by atoms with Crippen molar-refractivity contribution in [1.29, 1.82) is 0 Å². The Balaban J connectivity index is 1.00. The lowest BCUT2D eigenvalue weighted by Gasteiger charge is -2.28. The minimum Gasteiger partial charge on any atom is -0.507 e. The number of aromatic hydroxyl groups is 2. The lowest BCUT2D eigenvalue weighted by Crippen LogP contribution is -2.32. The quantitative estimate of drug-likeness (QED) is 0.0844. The predicted octanol–water partition coefficient (Wildman–Crippen LogP) is 10.9. The van der Waals surface area contributed by atoms with Crippen molar-refractivity contribution in [1.82, 2.24) is 0 Å². The predicted molar refractivity (Wildman–Crippen MR) is 275 cm³/mol. The van der Waals surface area contributed by atoms with Gasteiger partial charge in [0.1, 0.15) is 57.9 Å². The van der Waals surface area contributed by atoms with E-state index in [2.05, 4.69) is 206 Å². The largest absolute Gasteiger partial charge is 0.507 e. The molecule has 316 valence electrons. The Labute approximate surface area is 379 Å². The van der Waals surface area contributed by atoms with Crippen molar-refractivity contribution in [2.24, 2.45) is 9.98 Å². The minimum atomic E-state index is -2.13. The van der Waals surface area contributed by atoms with Gasteiger partial charge in [-0.05, 0) is 121 Å². The first-order valence-electron chi connectivity index (χ1n) is 22.3. The Morgan fingerprint density at radius 1 is 0.375 bits per heavy atom. The van der Waals surface area contributed by atoms with E-state index in [0.717, 1.165) is 49.1 Å². The van der Waals surface area contributed by atoms with Crippen LogP contribution in [0.2, 0.25) is 0 Å². The second-order valence-electron chi connectivity index (χ2n) is 16.7. The van der Waals surface area contributed by atoms with Gasteiger partial charge in [-0.2, -0.15) is 0 Å². The molecule has 1 aliphatic rings. The average molecular weight is 873 g/mol. The van der Waals surface area contributed by atoms with Crippen LogP contribution in [0.4, 0.5) is 0 Å². The van der Waals surface area contributed by atoms with Gasteiger partial charge in [0.25, 0.3) is 0 Å². The highest BCUT2D eigenvalue weighted by atomic mass is 31.2. The van der Waals surface area contributed by atoms with Crippen LogP contribution in [0.25, 0.3) is 0 Å². The van der Waals surface area contributed by atoms with E-state index >= 15 is 0 Å². The molecule has 0 aromatic heterocycles. The first kappa shape index (κ1) is 42.8. The van der Waals surface area contributed by atoms with E-state index in [1.165, 1.54) is 31.8 Å². The normalized spacial score (nSPS) is 15.7. The van der Waals surface area contributed by atoms with E-state index in [1.54, 1.807) is 0 Å². The standard InChI is InChI=1S/C58H52N2O2P2/c61-57-37-35-45(43-63(49-21-7-1-8-22-49,50-23-9-2-10-24-50)51-25-11-3-12-26-51)39-47(57)41-59-55-33-19-20-34-56(55)60-42-48-40-46(36-38-58(48)62)44-64(52-27-13-4-14-28-52,53-29-15-5-16-30-53)54-31-17-6-18-32-54/h1-18,21-32,35-42,55-56H,19-20,33-34,43-44H2/p+2/t55-,56-/m1/s1. The van der Waals surface area contributed by atoms with Crippen molar-refractivity contribution in [2.75, 3.05) is 0 Å². The Bertz CT molecular complexity index is 2410. The van der Waals surface area contributed by atoms with Gasteiger partial charge in [0.05, 0.1) is 24.4 Å². The molecule has 0 unspecified atom stereocenters. The van der Waals surface area contributed by atoms with Crippen LogP contribution < -0.4 is 31.8 Å². The number of phenolic OH excluding ortho intramolecular Hbond substituents is 2. The van der Waals surface area contributed by atoms with Crippen molar-refractivity contribution < 1.29 is 10.2 Å². The summed E-state index contributed by atoms with van der Waals surface area (Å²) in [6.45, 7) is 0. The van der Waals surface area contributed by atoms with E-state index in [-0.39, 0.29) is 23.6 Å². The molecule has 9 rings (SSSR count). The van der Waals surface area contributed by atoms with Crippen LogP contribution in [0, 0.1) is 0 Å². The molecule has 4 nitrogen and oxygen atoms in total. The smallest absolute Gasteiger partial charge is 0.124 e. The molecular formula is C58H54N2O2P2+2. The molecular weight excluding hydrogens is 819 g/mol. The van der Waals surface area contributed by atoms with E-state index in [9.17, 15) is 10.2 Å². The van der Waals surface area contributed by atoms with Crippen LogP contribution in [0.15, 0.2) is 228 Å². The third-order valence-electron chi connectivity index (χ3n) is 12.7. The fraction of sp³-hybridized carbons (Fsp3) is 0.138. The maximum absolute atomic E-state index is 11.2. The molecule has 1 fully saturated rings. The summed E-state index contributed by atoms with van der Waals surface area (Å²) in [4.78, 5) is 10.3. The number of nitrogens with zero attached hydrogens (tertiary/aromatic N) is 2. The highest BCUT2D eigenvalue weighted by Gasteiger charge is 2.46. The summed E-state index contributed by atoms with van der Waals surface area (Å²) in [5.74, 6) is 0.433. The number of aliphatic imine (C=N–C) groups is 2. The lowest BCUT2D eigenvalue weighted by atomic mass is 9.91. The van der Waals surface area contributed by atoms with Gasteiger partial charge in [-0.3, -0.25) is 9.98 Å². The molecule has 6 heteroatoms. The average Bonchev–Trinajstić information content (AvgIpc) is 3.37. The summed E-state index contributed by atoms with van der Waals surface area (Å²) >= 11 is 0. The Kier molecular flexibility index (Phi) is 13.4. The third kappa shape index (κ3) is 9.13. The summed E-state index contributed by atoms with van der Waals surface area (Å²) in [7, 11) is -4.27. The fourth-order valence-corrected chi connectivity index (χ4v) is 17.9.